The molecule has 2 heterocycles. The number of hydrogen-bond acceptors (Lipinski definition) is 3. The Bertz CT molecular complexity index is 386. The summed E-state index contributed by atoms with van der Waals surface area (Å²) in [6, 6.07) is 1.44. The molecular weight excluding hydrogens is 182 g/mol. The molecule has 0 radical (unpaired) electrons. The van der Waals surface area contributed by atoms with E-state index in [-0.39, 0.29) is 17.3 Å². The molecule has 1 saturated heterocycles. The van der Waals surface area contributed by atoms with E-state index in [9.17, 15) is 9.59 Å². The van der Waals surface area contributed by atoms with Crippen molar-refractivity contribution in [2.75, 3.05) is 13.1 Å². The van der Waals surface area contributed by atoms with Gasteiger partial charge in [-0.1, -0.05) is 0 Å². The first kappa shape index (κ1) is 9.21. The summed E-state index contributed by atoms with van der Waals surface area (Å²) in [4.78, 5) is 25.4. The fourth-order valence-corrected chi connectivity index (χ4v) is 1.84. The topological polar surface area (TPSA) is 66.9 Å². The molecule has 0 aliphatic carbocycles. The van der Waals surface area contributed by atoms with Crippen LogP contribution >= 0.6 is 0 Å². The number of aromatic nitrogens is 2. The molecule has 0 atom stereocenters. The van der Waals surface area contributed by atoms with Crippen molar-refractivity contribution in [3.63, 3.8) is 0 Å². The van der Waals surface area contributed by atoms with E-state index in [4.69, 9.17) is 0 Å². The molecule has 0 saturated carbocycles. The average Bonchev–Trinajstić information content (AvgIpc) is 2.19. The third-order valence-corrected chi connectivity index (χ3v) is 2.56. The number of aromatic amines is 1. The minimum Gasteiger partial charge on any atom is -0.317 e. The maximum atomic E-state index is 11.5. The van der Waals surface area contributed by atoms with Crippen LogP contribution in [0.1, 0.15) is 18.9 Å². The molecule has 0 amide bonds. The van der Waals surface area contributed by atoms with Crippen LogP contribution in [0.3, 0.4) is 0 Å². The van der Waals surface area contributed by atoms with Crippen molar-refractivity contribution in [1.29, 1.82) is 0 Å². The van der Waals surface area contributed by atoms with Crippen molar-refractivity contribution < 1.29 is 0 Å². The maximum Gasteiger partial charge on any atom is 0.328 e. The number of rotatable bonds is 1. The van der Waals surface area contributed by atoms with E-state index in [1.54, 1.807) is 0 Å². The highest BCUT2D eigenvalue weighted by atomic mass is 16.2. The average molecular weight is 195 g/mol. The summed E-state index contributed by atoms with van der Waals surface area (Å²) in [5.41, 5.74) is -0.509. The summed E-state index contributed by atoms with van der Waals surface area (Å²) >= 11 is 0. The number of nitrogens with one attached hydrogen (secondary N) is 2. The monoisotopic (exact) mass is 195 g/mol. The highest BCUT2D eigenvalue weighted by Gasteiger charge is 2.17. The van der Waals surface area contributed by atoms with Crippen LogP contribution in [0.5, 0.6) is 0 Å². The van der Waals surface area contributed by atoms with Gasteiger partial charge in [0.05, 0.1) is 0 Å². The SMILES string of the molecule is O=c1cc[nH]c(=O)n1C1CCNCC1. The Labute approximate surface area is 80.8 Å². The van der Waals surface area contributed by atoms with E-state index >= 15 is 0 Å². The van der Waals surface area contributed by atoms with Crippen LogP contribution in [0, 0.1) is 0 Å². The van der Waals surface area contributed by atoms with E-state index < -0.39 is 0 Å². The molecule has 5 nitrogen and oxygen atoms in total. The lowest BCUT2D eigenvalue weighted by atomic mass is 10.1. The first-order valence-electron chi connectivity index (χ1n) is 4.80. The van der Waals surface area contributed by atoms with Gasteiger partial charge in [-0.2, -0.15) is 0 Å². The van der Waals surface area contributed by atoms with Gasteiger partial charge in [-0.05, 0) is 25.9 Å². The van der Waals surface area contributed by atoms with Gasteiger partial charge in [0.2, 0.25) is 0 Å². The summed E-state index contributed by atoms with van der Waals surface area (Å²) in [7, 11) is 0. The smallest absolute Gasteiger partial charge is 0.317 e. The van der Waals surface area contributed by atoms with E-state index in [2.05, 4.69) is 10.3 Å². The number of piperidine rings is 1. The summed E-state index contributed by atoms with van der Waals surface area (Å²) in [6.07, 6.45) is 3.07. The van der Waals surface area contributed by atoms with Crippen LogP contribution in [0.2, 0.25) is 0 Å². The highest BCUT2D eigenvalue weighted by Crippen LogP contribution is 2.13. The first-order valence-corrected chi connectivity index (χ1v) is 4.80. The van der Waals surface area contributed by atoms with E-state index in [0.717, 1.165) is 25.9 Å². The minimum atomic E-state index is -0.301. The van der Waals surface area contributed by atoms with E-state index in [1.165, 1.54) is 16.8 Å². The molecule has 76 valence electrons. The van der Waals surface area contributed by atoms with Crippen LogP contribution in [0.25, 0.3) is 0 Å². The molecule has 2 rings (SSSR count). The Kier molecular flexibility index (Phi) is 2.49. The van der Waals surface area contributed by atoms with Crippen molar-refractivity contribution >= 4 is 0 Å². The standard InChI is InChI=1S/C9H13N3O2/c13-8-3-6-11-9(14)12(8)7-1-4-10-5-2-7/h3,6-7,10H,1-2,4-5H2,(H,11,14). The number of hydrogen-bond donors (Lipinski definition) is 2. The van der Waals surface area contributed by atoms with Crippen molar-refractivity contribution in [3.05, 3.63) is 33.1 Å². The van der Waals surface area contributed by atoms with Gasteiger partial charge in [0.25, 0.3) is 5.56 Å². The van der Waals surface area contributed by atoms with Gasteiger partial charge in [-0.25, -0.2) is 4.79 Å². The van der Waals surface area contributed by atoms with Gasteiger partial charge in [0.1, 0.15) is 0 Å². The molecule has 0 unspecified atom stereocenters. The summed E-state index contributed by atoms with van der Waals surface area (Å²) in [6.45, 7) is 1.73. The minimum absolute atomic E-state index is 0.0497. The van der Waals surface area contributed by atoms with Crippen molar-refractivity contribution in [1.82, 2.24) is 14.9 Å². The summed E-state index contributed by atoms with van der Waals surface area (Å²) in [5.74, 6) is 0. The van der Waals surface area contributed by atoms with Crippen molar-refractivity contribution in [3.8, 4) is 0 Å². The van der Waals surface area contributed by atoms with Gasteiger partial charge >= 0.3 is 5.69 Å². The third-order valence-electron chi connectivity index (χ3n) is 2.56. The fourth-order valence-electron chi connectivity index (χ4n) is 1.84. The zero-order chi connectivity index (χ0) is 9.97. The van der Waals surface area contributed by atoms with Crippen LogP contribution in [0.4, 0.5) is 0 Å². The second-order valence-corrected chi connectivity index (χ2v) is 3.47. The Morgan fingerprint density at radius 3 is 2.64 bits per heavy atom. The lowest BCUT2D eigenvalue weighted by Gasteiger charge is -2.23. The molecule has 1 aromatic heterocycles. The Morgan fingerprint density at radius 2 is 2.00 bits per heavy atom. The fraction of sp³-hybridized carbons (Fsp3) is 0.556. The third kappa shape index (κ3) is 1.63. The first-order chi connectivity index (χ1) is 6.79. The number of H-pyrrole nitrogens is 1. The van der Waals surface area contributed by atoms with E-state index in [0.29, 0.717) is 0 Å². The second kappa shape index (κ2) is 3.79. The van der Waals surface area contributed by atoms with Crippen LogP contribution < -0.4 is 16.6 Å². The largest absolute Gasteiger partial charge is 0.328 e. The summed E-state index contributed by atoms with van der Waals surface area (Å²) in [5, 5.41) is 3.20. The Morgan fingerprint density at radius 1 is 1.29 bits per heavy atom. The molecular formula is C9H13N3O2. The molecule has 14 heavy (non-hydrogen) atoms. The second-order valence-electron chi connectivity index (χ2n) is 3.47. The zero-order valence-corrected chi connectivity index (χ0v) is 7.82. The van der Waals surface area contributed by atoms with Crippen LogP contribution in [0.15, 0.2) is 21.9 Å². The molecule has 0 spiro atoms. The molecule has 0 aromatic carbocycles. The molecule has 1 aliphatic rings. The zero-order valence-electron chi connectivity index (χ0n) is 7.82. The lowest BCUT2D eigenvalue weighted by Crippen LogP contribution is -2.41. The molecule has 1 aliphatic heterocycles. The molecule has 5 heteroatoms. The van der Waals surface area contributed by atoms with Gasteiger partial charge in [0, 0.05) is 18.3 Å². The van der Waals surface area contributed by atoms with Gasteiger partial charge in [-0.15, -0.1) is 0 Å². The quantitative estimate of drug-likeness (QED) is 0.632. The molecule has 2 N–H and O–H groups in total. The van der Waals surface area contributed by atoms with Crippen molar-refractivity contribution in [2.45, 2.75) is 18.9 Å². The molecule has 0 bridgehead atoms. The highest BCUT2D eigenvalue weighted by molar-refractivity contribution is 4.87. The molecule has 1 aromatic rings. The van der Waals surface area contributed by atoms with Crippen molar-refractivity contribution in [2.24, 2.45) is 0 Å². The van der Waals surface area contributed by atoms with Gasteiger partial charge in [0.15, 0.2) is 0 Å². The van der Waals surface area contributed by atoms with Gasteiger partial charge in [-0.3, -0.25) is 9.36 Å². The predicted molar refractivity (Wildman–Crippen MR) is 52.5 cm³/mol. The van der Waals surface area contributed by atoms with E-state index in [1.807, 2.05) is 0 Å². The Balaban J connectivity index is 2.39. The predicted octanol–water partition coefficient (Wildman–Crippen LogP) is -0.539. The van der Waals surface area contributed by atoms with Crippen LogP contribution in [-0.2, 0) is 0 Å². The summed E-state index contributed by atoms with van der Waals surface area (Å²) < 4.78 is 1.32. The lowest BCUT2D eigenvalue weighted by molar-refractivity contribution is 0.350. The normalized spacial score (nSPS) is 18.3. The molecule has 1 fully saturated rings. The number of nitrogens with zero attached hydrogens (tertiary/aromatic N) is 1. The van der Waals surface area contributed by atoms with Crippen LogP contribution in [-0.4, -0.2) is 22.6 Å². The Hall–Kier alpha value is -1.36. The maximum absolute atomic E-state index is 11.5. The van der Waals surface area contributed by atoms with Gasteiger partial charge < -0.3 is 10.3 Å².